The van der Waals surface area contributed by atoms with Crippen LogP contribution in [0, 0.1) is 11.3 Å². The van der Waals surface area contributed by atoms with E-state index in [1.165, 1.54) is 0 Å². The van der Waals surface area contributed by atoms with Gasteiger partial charge in [0.2, 0.25) is 0 Å². The summed E-state index contributed by atoms with van der Waals surface area (Å²) in [5, 5.41) is 9.09. The lowest BCUT2D eigenvalue weighted by Crippen LogP contribution is -2.10. The van der Waals surface area contributed by atoms with Crippen molar-refractivity contribution in [3.8, 4) is 6.07 Å². The smallest absolute Gasteiger partial charge is 0.136 e. The van der Waals surface area contributed by atoms with Gasteiger partial charge < -0.3 is 9.47 Å². The third-order valence-electron chi connectivity index (χ3n) is 2.76. The van der Waals surface area contributed by atoms with Gasteiger partial charge in [-0.25, -0.2) is 4.98 Å². The fraction of sp³-hybridized carbons (Fsp3) is 0.308. The van der Waals surface area contributed by atoms with Crippen LogP contribution in [0.2, 0.25) is 0 Å². The molecule has 0 amide bonds. The lowest BCUT2D eigenvalue weighted by molar-refractivity contribution is 0.537. The highest BCUT2D eigenvalue weighted by atomic mass is 15.1. The Bertz CT molecular complexity index is 630. The maximum absolute atomic E-state index is 9.09. The highest BCUT2D eigenvalue weighted by Gasteiger charge is 2.09. The van der Waals surface area contributed by atoms with E-state index in [0.29, 0.717) is 5.70 Å². The number of nitrogens with zero attached hydrogens (tertiary/aromatic N) is 5. The number of rotatable bonds is 3. The van der Waals surface area contributed by atoms with Crippen molar-refractivity contribution in [1.82, 2.24) is 19.4 Å². The summed E-state index contributed by atoms with van der Waals surface area (Å²) in [7, 11) is 3.69. The standard InChI is InChI=1S/C13H15N5/c1-4-18-12-5-6-15-9-11(12)16-13(18)7-10(8-14)17(2)3/h5-7,9H,4H2,1-3H3. The Hall–Kier alpha value is -2.35. The lowest BCUT2D eigenvalue weighted by atomic mass is 10.3. The van der Waals surface area contributed by atoms with Gasteiger partial charge in [-0.15, -0.1) is 0 Å². The maximum atomic E-state index is 9.09. The highest BCUT2D eigenvalue weighted by molar-refractivity contribution is 5.77. The van der Waals surface area contributed by atoms with E-state index in [4.69, 9.17) is 5.26 Å². The topological polar surface area (TPSA) is 57.7 Å². The number of fused-ring (bicyclic) bond motifs is 1. The predicted molar refractivity (Wildman–Crippen MR) is 70.5 cm³/mol. The number of hydrogen-bond donors (Lipinski definition) is 0. The van der Waals surface area contributed by atoms with Crippen LogP contribution in [0.25, 0.3) is 17.1 Å². The third-order valence-corrected chi connectivity index (χ3v) is 2.76. The second kappa shape index (κ2) is 4.88. The molecular formula is C13H15N5. The summed E-state index contributed by atoms with van der Waals surface area (Å²) in [4.78, 5) is 10.3. The second-order valence-corrected chi connectivity index (χ2v) is 4.11. The molecule has 2 rings (SSSR count). The average molecular weight is 241 g/mol. The Balaban J connectivity index is 2.61. The quantitative estimate of drug-likeness (QED) is 0.770. The Morgan fingerprint density at radius 3 is 2.94 bits per heavy atom. The van der Waals surface area contributed by atoms with Crippen LogP contribution >= 0.6 is 0 Å². The molecule has 0 atom stereocenters. The number of nitriles is 1. The van der Waals surface area contributed by atoms with Gasteiger partial charge in [0.25, 0.3) is 0 Å². The first-order valence-electron chi connectivity index (χ1n) is 5.76. The van der Waals surface area contributed by atoms with Gasteiger partial charge in [0.15, 0.2) is 0 Å². The summed E-state index contributed by atoms with van der Waals surface area (Å²) < 4.78 is 2.07. The van der Waals surface area contributed by atoms with E-state index in [1.807, 2.05) is 20.2 Å². The van der Waals surface area contributed by atoms with Crippen molar-refractivity contribution in [2.45, 2.75) is 13.5 Å². The summed E-state index contributed by atoms with van der Waals surface area (Å²) in [6.07, 6.45) is 5.28. The second-order valence-electron chi connectivity index (χ2n) is 4.11. The molecule has 2 heterocycles. The van der Waals surface area contributed by atoms with Gasteiger partial charge >= 0.3 is 0 Å². The van der Waals surface area contributed by atoms with Crippen molar-refractivity contribution in [1.29, 1.82) is 5.26 Å². The van der Waals surface area contributed by atoms with Crippen LogP contribution in [-0.4, -0.2) is 33.5 Å². The van der Waals surface area contributed by atoms with Crippen LogP contribution in [0.4, 0.5) is 0 Å². The molecule has 2 aromatic rings. The van der Waals surface area contributed by atoms with Crippen LogP contribution < -0.4 is 0 Å². The van der Waals surface area contributed by atoms with Crippen molar-refractivity contribution < 1.29 is 0 Å². The van der Waals surface area contributed by atoms with Crippen molar-refractivity contribution in [3.63, 3.8) is 0 Å². The van der Waals surface area contributed by atoms with Gasteiger partial charge in [0.05, 0.1) is 11.7 Å². The van der Waals surface area contributed by atoms with Crippen LogP contribution in [0.1, 0.15) is 12.7 Å². The summed E-state index contributed by atoms with van der Waals surface area (Å²) in [6.45, 7) is 2.86. The molecular weight excluding hydrogens is 226 g/mol. The average Bonchev–Trinajstić information content (AvgIpc) is 2.72. The van der Waals surface area contributed by atoms with Gasteiger partial charge in [-0.1, -0.05) is 0 Å². The van der Waals surface area contributed by atoms with Crippen LogP contribution in [0.15, 0.2) is 24.2 Å². The van der Waals surface area contributed by atoms with Crippen LogP contribution in [-0.2, 0) is 6.54 Å². The summed E-state index contributed by atoms with van der Waals surface area (Å²) >= 11 is 0. The first-order chi connectivity index (χ1) is 8.67. The molecule has 92 valence electrons. The molecule has 0 saturated carbocycles. The summed E-state index contributed by atoms with van der Waals surface area (Å²) in [5.74, 6) is 0.783. The Kier molecular flexibility index (Phi) is 3.28. The van der Waals surface area contributed by atoms with E-state index in [9.17, 15) is 0 Å². The molecule has 0 saturated heterocycles. The van der Waals surface area contributed by atoms with Crippen molar-refractivity contribution in [2.75, 3.05) is 14.1 Å². The number of aryl methyl sites for hydroxylation is 1. The molecule has 0 aliphatic heterocycles. The van der Waals surface area contributed by atoms with Gasteiger partial charge in [-0.05, 0) is 13.0 Å². The molecule has 2 aromatic heterocycles. The van der Waals surface area contributed by atoms with E-state index in [-0.39, 0.29) is 0 Å². The molecule has 5 nitrogen and oxygen atoms in total. The zero-order chi connectivity index (χ0) is 13.1. The van der Waals surface area contributed by atoms with Gasteiger partial charge in [0, 0.05) is 32.9 Å². The zero-order valence-electron chi connectivity index (χ0n) is 10.8. The van der Waals surface area contributed by atoms with E-state index in [0.717, 1.165) is 23.4 Å². The van der Waals surface area contributed by atoms with E-state index >= 15 is 0 Å². The fourth-order valence-electron chi connectivity index (χ4n) is 1.83. The molecule has 0 aliphatic carbocycles. The van der Waals surface area contributed by atoms with Crippen LogP contribution in [0.3, 0.4) is 0 Å². The predicted octanol–water partition coefficient (Wildman–Crippen LogP) is 1.88. The molecule has 0 fully saturated rings. The first-order valence-corrected chi connectivity index (χ1v) is 5.76. The number of imidazole rings is 1. The summed E-state index contributed by atoms with van der Waals surface area (Å²) in [6, 6.07) is 4.10. The van der Waals surface area contributed by atoms with Crippen molar-refractivity contribution in [3.05, 3.63) is 30.0 Å². The minimum Gasteiger partial charge on any atom is -0.369 e. The van der Waals surface area contributed by atoms with E-state index in [2.05, 4.69) is 27.5 Å². The van der Waals surface area contributed by atoms with Gasteiger partial charge in [-0.3, -0.25) is 4.98 Å². The number of pyridine rings is 1. The van der Waals surface area contributed by atoms with Crippen molar-refractivity contribution in [2.24, 2.45) is 0 Å². The van der Waals surface area contributed by atoms with Crippen LogP contribution in [0.5, 0.6) is 0 Å². The zero-order valence-corrected chi connectivity index (χ0v) is 10.8. The number of allylic oxidation sites excluding steroid dienone is 1. The Morgan fingerprint density at radius 1 is 1.56 bits per heavy atom. The maximum Gasteiger partial charge on any atom is 0.136 e. The molecule has 0 spiro atoms. The monoisotopic (exact) mass is 241 g/mol. The Morgan fingerprint density at radius 2 is 2.33 bits per heavy atom. The summed E-state index contributed by atoms with van der Waals surface area (Å²) in [5.41, 5.74) is 2.46. The molecule has 0 radical (unpaired) electrons. The fourth-order valence-corrected chi connectivity index (χ4v) is 1.83. The normalized spacial score (nSPS) is 11.6. The molecule has 0 bridgehead atoms. The van der Waals surface area contributed by atoms with Gasteiger partial charge in [-0.2, -0.15) is 5.26 Å². The molecule has 0 aromatic carbocycles. The minimum atomic E-state index is 0.577. The van der Waals surface area contributed by atoms with E-state index in [1.54, 1.807) is 23.4 Å². The SMILES string of the molecule is CCn1c(C=C(C#N)N(C)C)nc2cnccc21. The molecule has 18 heavy (non-hydrogen) atoms. The van der Waals surface area contributed by atoms with Crippen molar-refractivity contribution >= 4 is 17.1 Å². The molecule has 5 heteroatoms. The molecule has 0 N–H and O–H groups in total. The number of hydrogen-bond acceptors (Lipinski definition) is 4. The minimum absolute atomic E-state index is 0.577. The van der Waals surface area contributed by atoms with Gasteiger partial charge in [0.1, 0.15) is 23.1 Å². The van der Waals surface area contributed by atoms with E-state index < -0.39 is 0 Å². The first kappa shape index (κ1) is 12.1. The molecule has 0 aliphatic rings. The molecule has 0 unspecified atom stereocenters. The number of aromatic nitrogens is 3. The lowest BCUT2D eigenvalue weighted by Gasteiger charge is -2.10. The highest BCUT2D eigenvalue weighted by Crippen LogP contribution is 2.17. The largest absolute Gasteiger partial charge is 0.369 e. The third kappa shape index (κ3) is 2.05. The Labute approximate surface area is 106 Å².